The van der Waals surface area contributed by atoms with Crippen molar-refractivity contribution in [1.29, 1.82) is 0 Å². The topological polar surface area (TPSA) is 6.48 Å². The van der Waals surface area contributed by atoms with Gasteiger partial charge in [-0.1, -0.05) is 20.8 Å². The van der Waals surface area contributed by atoms with Gasteiger partial charge in [0.05, 0.1) is 0 Å². The monoisotopic (exact) mass is 200 g/mol. The largest absolute Gasteiger partial charge is 0.305 e. The molecule has 0 unspecified atom stereocenters. The van der Waals surface area contributed by atoms with Gasteiger partial charge in [-0.05, 0) is 45.9 Å². The molecule has 0 saturated carbocycles. The zero-order valence-corrected chi connectivity index (χ0v) is 10.6. The minimum atomic E-state index is 1.24. The third kappa shape index (κ3) is 6.39. The third-order valence-electron chi connectivity index (χ3n) is 2.60. The summed E-state index contributed by atoms with van der Waals surface area (Å²) in [4.78, 5) is 5.00. The Kier molecular flexibility index (Phi) is 9.42. The summed E-state index contributed by atoms with van der Waals surface area (Å²) in [5.74, 6) is 0. The molecule has 0 aromatic carbocycles. The lowest BCUT2D eigenvalue weighted by molar-refractivity contribution is 0.257. The van der Waals surface area contributed by atoms with E-state index in [0.717, 1.165) is 0 Å². The van der Waals surface area contributed by atoms with Crippen molar-refractivity contribution in [2.45, 2.75) is 40.0 Å². The summed E-state index contributed by atoms with van der Waals surface area (Å²) >= 11 is 0. The van der Waals surface area contributed by atoms with Crippen molar-refractivity contribution in [3.05, 3.63) is 0 Å². The second-order valence-electron chi connectivity index (χ2n) is 3.85. The molecule has 2 heteroatoms. The van der Waals surface area contributed by atoms with Crippen molar-refractivity contribution in [3.8, 4) is 0 Å². The van der Waals surface area contributed by atoms with Crippen molar-refractivity contribution in [1.82, 2.24) is 9.80 Å². The van der Waals surface area contributed by atoms with E-state index in [2.05, 4.69) is 23.8 Å². The maximum Gasteiger partial charge on any atom is 0.0109 e. The van der Waals surface area contributed by atoms with E-state index < -0.39 is 0 Å². The first-order valence-electron chi connectivity index (χ1n) is 6.24. The van der Waals surface area contributed by atoms with E-state index in [1.807, 2.05) is 13.8 Å². The van der Waals surface area contributed by atoms with Crippen LogP contribution in [0.2, 0.25) is 0 Å². The van der Waals surface area contributed by atoms with Crippen LogP contribution in [0.5, 0.6) is 0 Å². The van der Waals surface area contributed by atoms with Crippen LogP contribution < -0.4 is 0 Å². The normalized spacial score (nSPS) is 16.9. The van der Waals surface area contributed by atoms with Gasteiger partial charge in [0.25, 0.3) is 0 Å². The number of likely N-dealkylation sites (tertiary alicyclic amines) is 1. The Bertz CT molecular complexity index is 109. The van der Waals surface area contributed by atoms with Crippen molar-refractivity contribution in [2.75, 3.05) is 39.8 Å². The molecule has 14 heavy (non-hydrogen) atoms. The van der Waals surface area contributed by atoms with Gasteiger partial charge in [-0.15, -0.1) is 0 Å². The van der Waals surface area contributed by atoms with Crippen molar-refractivity contribution < 1.29 is 0 Å². The Balaban J connectivity index is 0.000000791. The first kappa shape index (κ1) is 13.9. The summed E-state index contributed by atoms with van der Waals surface area (Å²) in [5.41, 5.74) is 0. The van der Waals surface area contributed by atoms with E-state index in [9.17, 15) is 0 Å². The molecule has 0 N–H and O–H groups in total. The lowest BCUT2D eigenvalue weighted by Gasteiger charge is -2.20. The van der Waals surface area contributed by atoms with Crippen LogP contribution in [0.1, 0.15) is 40.0 Å². The number of likely N-dealkylation sites (N-methyl/N-ethyl adjacent to an activating group) is 1. The molecule has 0 atom stereocenters. The van der Waals surface area contributed by atoms with Crippen LogP contribution in [0.3, 0.4) is 0 Å². The van der Waals surface area contributed by atoms with Gasteiger partial charge in [-0.25, -0.2) is 0 Å². The highest BCUT2D eigenvalue weighted by Gasteiger charge is 2.10. The molecule has 0 aromatic heterocycles. The Morgan fingerprint density at radius 1 is 1.07 bits per heavy atom. The van der Waals surface area contributed by atoms with Gasteiger partial charge in [-0.2, -0.15) is 0 Å². The maximum absolute atomic E-state index is 2.58. The van der Waals surface area contributed by atoms with Gasteiger partial charge < -0.3 is 9.80 Å². The zero-order chi connectivity index (χ0) is 10.8. The average Bonchev–Trinajstić information content (AvgIpc) is 2.71. The van der Waals surface area contributed by atoms with E-state index in [0.29, 0.717) is 0 Å². The molecule has 2 nitrogen and oxygen atoms in total. The molecule has 0 radical (unpaired) electrons. The molecule has 1 aliphatic heterocycles. The molecule has 1 saturated heterocycles. The number of rotatable bonds is 5. The van der Waals surface area contributed by atoms with Crippen LogP contribution in [-0.4, -0.2) is 49.6 Å². The molecule has 1 fully saturated rings. The van der Waals surface area contributed by atoms with Gasteiger partial charge in [-0.3, -0.25) is 0 Å². The Labute approximate surface area is 90.3 Å². The first-order chi connectivity index (χ1) is 6.83. The standard InChI is InChI=1S/C10H22N2.C2H6/c1-3-6-11(2)9-10-12-7-4-5-8-12;1-2/h3-10H2,1-2H3;1-2H3. The molecule has 1 heterocycles. The molecule has 1 aliphatic rings. The highest BCUT2D eigenvalue weighted by atomic mass is 15.2. The van der Waals surface area contributed by atoms with Gasteiger partial charge in [0.2, 0.25) is 0 Å². The van der Waals surface area contributed by atoms with E-state index in [1.54, 1.807) is 0 Å². The average molecular weight is 200 g/mol. The predicted octanol–water partition coefficient (Wildman–Crippen LogP) is 2.45. The fourth-order valence-corrected chi connectivity index (χ4v) is 1.81. The second kappa shape index (κ2) is 9.47. The van der Waals surface area contributed by atoms with Gasteiger partial charge in [0.1, 0.15) is 0 Å². The molecular weight excluding hydrogens is 172 g/mol. The van der Waals surface area contributed by atoms with E-state index in [4.69, 9.17) is 0 Å². The van der Waals surface area contributed by atoms with Crippen molar-refractivity contribution in [3.63, 3.8) is 0 Å². The number of hydrogen-bond acceptors (Lipinski definition) is 2. The molecule has 0 amide bonds. The fourth-order valence-electron chi connectivity index (χ4n) is 1.81. The molecule has 86 valence electrons. The second-order valence-corrected chi connectivity index (χ2v) is 3.85. The molecule has 0 aromatic rings. The van der Waals surface area contributed by atoms with Gasteiger partial charge in [0, 0.05) is 13.1 Å². The highest BCUT2D eigenvalue weighted by Crippen LogP contribution is 2.06. The number of nitrogens with zero attached hydrogens (tertiary/aromatic N) is 2. The lowest BCUT2D eigenvalue weighted by Crippen LogP contribution is -2.31. The molecule has 0 bridgehead atoms. The van der Waals surface area contributed by atoms with Crippen molar-refractivity contribution >= 4 is 0 Å². The molecule has 0 aliphatic carbocycles. The van der Waals surface area contributed by atoms with E-state index in [-0.39, 0.29) is 0 Å². The Morgan fingerprint density at radius 3 is 2.14 bits per heavy atom. The van der Waals surface area contributed by atoms with Crippen LogP contribution in [0.25, 0.3) is 0 Å². The Morgan fingerprint density at radius 2 is 1.64 bits per heavy atom. The summed E-state index contributed by atoms with van der Waals surface area (Å²) in [5, 5.41) is 0. The Hall–Kier alpha value is -0.0800. The van der Waals surface area contributed by atoms with E-state index in [1.165, 1.54) is 52.0 Å². The SMILES string of the molecule is CC.CCCN(C)CCN1CCCC1. The third-order valence-corrected chi connectivity index (χ3v) is 2.60. The van der Waals surface area contributed by atoms with Crippen LogP contribution in [0, 0.1) is 0 Å². The molecular formula is C12H28N2. The van der Waals surface area contributed by atoms with Gasteiger partial charge >= 0.3 is 0 Å². The molecule has 1 rings (SSSR count). The van der Waals surface area contributed by atoms with Crippen LogP contribution >= 0.6 is 0 Å². The minimum absolute atomic E-state index is 1.24. The van der Waals surface area contributed by atoms with Crippen LogP contribution in [0.4, 0.5) is 0 Å². The highest BCUT2D eigenvalue weighted by molar-refractivity contribution is 4.67. The summed E-state index contributed by atoms with van der Waals surface area (Å²) in [6.45, 7) is 12.7. The van der Waals surface area contributed by atoms with E-state index >= 15 is 0 Å². The summed E-state index contributed by atoms with van der Waals surface area (Å²) in [6, 6.07) is 0. The summed E-state index contributed by atoms with van der Waals surface area (Å²) in [7, 11) is 2.22. The summed E-state index contributed by atoms with van der Waals surface area (Å²) < 4.78 is 0. The lowest BCUT2D eigenvalue weighted by atomic mass is 10.4. The van der Waals surface area contributed by atoms with Crippen LogP contribution in [-0.2, 0) is 0 Å². The fraction of sp³-hybridized carbons (Fsp3) is 1.00. The minimum Gasteiger partial charge on any atom is -0.305 e. The predicted molar refractivity (Wildman–Crippen MR) is 64.8 cm³/mol. The molecule has 0 spiro atoms. The maximum atomic E-state index is 2.58. The van der Waals surface area contributed by atoms with Crippen LogP contribution in [0.15, 0.2) is 0 Å². The summed E-state index contributed by atoms with van der Waals surface area (Å²) in [6.07, 6.45) is 4.10. The zero-order valence-electron chi connectivity index (χ0n) is 10.6. The van der Waals surface area contributed by atoms with Crippen molar-refractivity contribution in [2.24, 2.45) is 0 Å². The smallest absolute Gasteiger partial charge is 0.0109 e. The first-order valence-corrected chi connectivity index (χ1v) is 6.24. The number of hydrogen-bond donors (Lipinski definition) is 0. The quantitative estimate of drug-likeness (QED) is 0.672. The van der Waals surface area contributed by atoms with Gasteiger partial charge in [0.15, 0.2) is 0 Å².